The van der Waals surface area contributed by atoms with E-state index < -0.39 is 0 Å². The van der Waals surface area contributed by atoms with Gasteiger partial charge in [0.2, 0.25) is 11.9 Å². The van der Waals surface area contributed by atoms with Crippen molar-refractivity contribution in [1.29, 1.82) is 0 Å². The van der Waals surface area contributed by atoms with Crippen LogP contribution in [0.25, 0.3) is 0 Å². The minimum Gasteiger partial charge on any atom is -0.383 e. The highest BCUT2D eigenvalue weighted by molar-refractivity contribution is 5.79. The van der Waals surface area contributed by atoms with Crippen LogP contribution < -0.4 is 16.4 Å². The maximum atomic E-state index is 12.8. The predicted molar refractivity (Wildman–Crippen MR) is 106 cm³/mol. The quantitative estimate of drug-likeness (QED) is 0.812. The van der Waals surface area contributed by atoms with E-state index in [0.29, 0.717) is 17.8 Å². The summed E-state index contributed by atoms with van der Waals surface area (Å²) < 4.78 is 0. The molecular weight excluding hydrogens is 342 g/mol. The Labute approximate surface area is 160 Å². The van der Waals surface area contributed by atoms with Crippen molar-refractivity contribution in [1.82, 2.24) is 19.8 Å². The fraction of sp³-hybridized carbons (Fsp3) is 0.737. The number of amides is 1. The molecule has 1 unspecified atom stereocenters. The molecule has 1 aromatic heterocycles. The van der Waals surface area contributed by atoms with Crippen molar-refractivity contribution < 1.29 is 4.79 Å². The van der Waals surface area contributed by atoms with E-state index in [1.54, 1.807) is 6.07 Å². The molecule has 4 N–H and O–H groups in total. The van der Waals surface area contributed by atoms with Crippen LogP contribution in [-0.2, 0) is 4.79 Å². The van der Waals surface area contributed by atoms with Crippen molar-refractivity contribution in [2.75, 3.05) is 55.6 Å². The summed E-state index contributed by atoms with van der Waals surface area (Å²) in [7, 11) is 0. The fourth-order valence-electron chi connectivity index (χ4n) is 4.83. The maximum absolute atomic E-state index is 12.8. The van der Waals surface area contributed by atoms with Crippen LogP contribution in [-0.4, -0.2) is 71.0 Å². The number of carbonyl (C=O) groups excluding carboxylic acids is 1. The number of nitrogens with two attached hydrogens (primary N) is 2. The fourth-order valence-corrected chi connectivity index (χ4v) is 4.83. The van der Waals surface area contributed by atoms with Crippen molar-refractivity contribution in [3.8, 4) is 0 Å². The second kappa shape index (κ2) is 7.88. The van der Waals surface area contributed by atoms with Crippen LogP contribution in [0.15, 0.2) is 6.07 Å². The van der Waals surface area contributed by atoms with Gasteiger partial charge in [-0.25, -0.2) is 0 Å². The monoisotopic (exact) mass is 373 g/mol. The molecular formula is C19H31N7O. The van der Waals surface area contributed by atoms with Gasteiger partial charge in [0, 0.05) is 44.8 Å². The first-order valence-corrected chi connectivity index (χ1v) is 10.3. The van der Waals surface area contributed by atoms with Gasteiger partial charge < -0.3 is 21.3 Å². The second-order valence-corrected chi connectivity index (χ2v) is 8.09. The standard InChI is InChI=1S/C19H31N7O/c20-16-12-17(23-19(21)22-16)24-10-5-15(6-11-24)26-9-3-4-14(13-26)18(27)25-7-1-2-8-25/h12,14-15H,1-11,13H2,(H4,20,21,22,23). The van der Waals surface area contributed by atoms with Crippen molar-refractivity contribution in [2.24, 2.45) is 5.92 Å². The van der Waals surface area contributed by atoms with E-state index in [-0.39, 0.29) is 11.9 Å². The average molecular weight is 374 g/mol. The average Bonchev–Trinajstić information content (AvgIpc) is 3.22. The first kappa shape index (κ1) is 18.3. The number of aromatic nitrogens is 2. The molecule has 4 rings (SSSR count). The zero-order valence-corrected chi connectivity index (χ0v) is 16.0. The molecule has 3 saturated heterocycles. The van der Waals surface area contributed by atoms with E-state index in [1.165, 1.54) is 12.8 Å². The number of anilines is 3. The van der Waals surface area contributed by atoms with E-state index in [4.69, 9.17) is 11.5 Å². The number of likely N-dealkylation sites (tertiary alicyclic amines) is 2. The third kappa shape index (κ3) is 4.10. The number of hydrogen-bond donors (Lipinski definition) is 2. The third-order valence-corrected chi connectivity index (χ3v) is 6.27. The molecule has 27 heavy (non-hydrogen) atoms. The summed E-state index contributed by atoms with van der Waals surface area (Å²) in [4.78, 5) is 27.9. The summed E-state index contributed by atoms with van der Waals surface area (Å²) in [6.07, 6.45) is 6.66. The van der Waals surface area contributed by atoms with Crippen molar-refractivity contribution in [3.05, 3.63) is 6.07 Å². The molecule has 0 bridgehead atoms. The summed E-state index contributed by atoms with van der Waals surface area (Å²) in [5.74, 6) is 2.04. The van der Waals surface area contributed by atoms with Crippen LogP contribution in [0.5, 0.6) is 0 Å². The van der Waals surface area contributed by atoms with Gasteiger partial charge in [0.1, 0.15) is 11.6 Å². The van der Waals surface area contributed by atoms with Gasteiger partial charge in [0.15, 0.2) is 0 Å². The first-order valence-electron chi connectivity index (χ1n) is 10.3. The van der Waals surface area contributed by atoms with Crippen LogP contribution in [0.1, 0.15) is 38.5 Å². The molecule has 4 heterocycles. The Morgan fingerprint density at radius 2 is 1.70 bits per heavy atom. The number of nitrogens with zero attached hydrogens (tertiary/aromatic N) is 5. The summed E-state index contributed by atoms with van der Waals surface area (Å²) in [6.45, 7) is 5.82. The molecule has 3 aliphatic heterocycles. The lowest BCUT2D eigenvalue weighted by Gasteiger charge is -2.42. The topological polar surface area (TPSA) is 105 Å². The molecule has 0 spiro atoms. The molecule has 3 aliphatic rings. The van der Waals surface area contributed by atoms with Crippen molar-refractivity contribution in [3.63, 3.8) is 0 Å². The maximum Gasteiger partial charge on any atom is 0.226 e. The number of piperidine rings is 2. The van der Waals surface area contributed by atoms with E-state index in [9.17, 15) is 4.79 Å². The van der Waals surface area contributed by atoms with Crippen LogP contribution in [0.3, 0.4) is 0 Å². The Morgan fingerprint density at radius 3 is 2.41 bits per heavy atom. The van der Waals surface area contributed by atoms with Gasteiger partial charge in [-0.1, -0.05) is 0 Å². The Bertz CT molecular complexity index is 648. The molecule has 1 aromatic rings. The molecule has 1 atom stereocenters. The van der Waals surface area contributed by atoms with Crippen molar-refractivity contribution >= 4 is 23.5 Å². The SMILES string of the molecule is Nc1cc(N2CCC(N3CCCC(C(=O)N4CCCC4)C3)CC2)nc(N)n1. The van der Waals surface area contributed by atoms with Gasteiger partial charge in [-0.3, -0.25) is 9.69 Å². The molecule has 8 heteroatoms. The Kier molecular flexibility index (Phi) is 5.33. The van der Waals surface area contributed by atoms with Crippen LogP contribution in [0.2, 0.25) is 0 Å². The summed E-state index contributed by atoms with van der Waals surface area (Å²) >= 11 is 0. The second-order valence-electron chi connectivity index (χ2n) is 8.09. The molecule has 0 saturated carbocycles. The normalized spacial score (nSPS) is 25.1. The highest BCUT2D eigenvalue weighted by Crippen LogP contribution is 2.27. The third-order valence-electron chi connectivity index (χ3n) is 6.27. The predicted octanol–water partition coefficient (Wildman–Crippen LogP) is 0.944. The Hall–Kier alpha value is -2.09. The van der Waals surface area contributed by atoms with E-state index >= 15 is 0 Å². The molecule has 148 valence electrons. The number of carbonyl (C=O) groups is 1. The highest BCUT2D eigenvalue weighted by atomic mass is 16.2. The first-order chi connectivity index (χ1) is 13.1. The molecule has 0 aromatic carbocycles. The van der Waals surface area contributed by atoms with E-state index in [2.05, 4.69) is 24.7 Å². The molecule has 0 radical (unpaired) electrons. The summed E-state index contributed by atoms with van der Waals surface area (Å²) in [5, 5.41) is 0. The van der Waals surface area contributed by atoms with Gasteiger partial charge in [-0.2, -0.15) is 9.97 Å². The number of nitrogen functional groups attached to an aromatic ring is 2. The summed E-state index contributed by atoms with van der Waals surface area (Å²) in [6, 6.07) is 2.34. The minimum atomic E-state index is 0.191. The van der Waals surface area contributed by atoms with Crippen LogP contribution in [0, 0.1) is 5.92 Å². The zero-order chi connectivity index (χ0) is 18.8. The van der Waals surface area contributed by atoms with E-state index in [1.807, 2.05) is 0 Å². The van der Waals surface area contributed by atoms with Gasteiger partial charge >= 0.3 is 0 Å². The molecule has 8 nitrogen and oxygen atoms in total. The number of hydrogen-bond acceptors (Lipinski definition) is 7. The lowest BCUT2D eigenvalue weighted by Crippen LogP contribution is -2.51. The van der Waals surface area contributed by atoms with Crippen LogP contribution in [0.4, 0.5) is 17.6 Å². The van der Waals surface area contributed by atoms with Crippen LogP contribution >= 0.6 is 0 Å². The highest BCUT2D eigenvalue weighted by Gasteiger charge is 2.34. The molecule has 0 aliphatic carbocycles. The Morgan fingerprint density at radius 1 is 0.963 bits per heavy atom. The molecule has 3 fully saturated rings. The molecule has 1 amide bonds. The van der Waals surface area contributed by atoms with Crippen molar-refractivity contribution in [2.45, 2.75) is 44.6 Å². The lowest BCUT2D eigenvalue weighted by molar-refractivity contribution is -0.136. The van der Waals surface area contributed by atoms with Gasteiger partial charge in [0.25, 0.3) is 0 Å². The summed E-state index contributed by atoms with van der Waals surface area (Å²) in [5.41, 5.74) is 11.5. The smallest absolute Gasteiger partial charge is 0.226 e. The Balaban J connectivity index is 1.33. The number of rotatable bonds is 3. The minimum absolute atomic E-state index is 0.191. The van der Waals surface area contributed by atoms with E-state index in [0.717, 1.165) is 70.8 Å². The largest absolute Gasteiger partial charge is 0.383 e. The zero-order valence-electron chi connectivity index (χ0n) is 16.0. The van der Waals surface area contributed by atoms with Gasteiger partial charge in [-0.05, 0) is 45.1 Å². The van der Waals surface area contributed by atoms with Gasteiger partial charge in [-0.15, -0.1) is 0 Å². The lowest BCUT2D eigenvalue weighted by atomic mass is 9.93. The van der Waals surface area contributed by atoms with Gasteiger partial charge in [0.05, 0.1) is 5.92 Å².